The van der Waals surface area contributed by atoms with E-state index in [1.54, 1.807) is 13.0 Å². The molecule has 1 fully saturated rings. The molecule has 0 spiro atoms. The highest BCUT2D eigenvalue weighted by molar-refractivity contribution is 6.31. The predicted octanol–water partition coefficient (Wildman–Crippen LogP) is 4.98. The van der Waals surface area contributed by atoms with Crippen LogP contribution in [0.25, 0.3) is 0 Å². The molecule has 1 aromatic heterocycles. The standard InChI is InChI=1S/C20H22ClF3N4O2/c1-11-8-12(21)9-14(18(29)25-2)17(11)26-19(30)15-10-16(20(22,23)24)27-28(15)13-6-4-3-5-7-13/h8-10,13H,3-7H2,1-2H3,(H,25,29)(H,26,30). The van der Waals surface area contributed by atoms with Crippen LogP contribution in [0.4, 0.5) is 18.9 Å². The molecule has 3 rings (SSSR count). The van der Waals surface area contributed by atoms with Crippen molar-refractivity contribution in [3.8, 4) is 0 Å². The fraction of sp³-hybridized carbons (Fsp3) is 0.450. The van der Waals surface area contributed by atoms with E-state index in [2.05, 4.69) is 15.7 Å². The van der Waals surface area contributed by atoms with Crippen molar-refractivity contribution in [2.24, 2.45) is 0 Å². The second-order valence-electron chi connectivity index (χ2n) is 7.33. The minimum atomic E-state index is -4.67. The highest BCUT2D eigenvalue weighted by Crippen LogP contribution is 2.34. The largest absolute Gasteiger partial charge is 0.435 e. The second kappa shape index (κ2) is 8.67. The summed E-state index contributed by atoms with van der Waals surface area (Å²) in [5, 5.41) is 9.07. The molecular weight excluding hydrogens is 421 g/mol. The number of halogens is 4. The first kappa shape index (κ1) is 22.1. The third kappa shape index (κ3) is 4.61. The molecule has 1 aromatic carbocycles. The number of nitrogens with one attached hydrogen (secondary N) is 2. The van der Waals surface area contributed by atoms with Crippen LogP contribution in [-0.2, 0) is 6.18 Å². The number of carbonyl (C=O) groups is 2. The first-order chi connectivity index (χ1) is 14.1. The molecule has 0 bridgehead atoms. The van der Waals surface area contributed by atoms with Gasteiger partial charge in [-0.05, 0) is 37.5 Å². The molecule has 0 aliphatic heterocycles. The van der Waals surface area contributed by atoms with Crippen LogP contribution in [-0.4, -0.2) is 28.6 Å². The summed E-state index contributed by atoms with van der Waals surface area (Å²) in [6.45, 7) is 1.65. The maximum absolute atomic E-state index is 13.3. The topological polar surface area (TPSA) is 76.0 Å². The fourth-order valence-corrected chi connectivity index (χ4v) is 3.98. The maximum atomic E-state index is 13.3. The van der Waals surface area contributed by atoms with Gasteiger partial charge in [0.25, 0.3) is 11.8 Å². The summed E-state index contributed by atoms with van der Waals surface area (Å²) in [5.41, 5.74) is -0.484. The summed E-state index contributed by atoms with van der Waals surface area (Å²) < 4.78 is 41.0. The van der Waals surface area contributed by atoms with Crippen LogP contribution in [0.2, 0.25) is 5.02 Å². The molecule has 1 saturated carbocycles. The van der Waals surface area contributed by atoms with Gasteiger partial charge in [-0.3, -0.25) is 14.3 Å². The van der Waals surface area contributed by atoms with E-state index in [-0.39, 0.29) is 23.0 Å². The number of carbonyl (C=O) groups excluding carboxylic acids is 2. The summed E-state index contributed by atoms with van der Waals surface area (Å²) in [5.74, 6) is -1.24. The van der Waals surface area contributed by atoms with Gasteiger partial charge in [-0.1, -0.05) is 30.9 Å². The Kier molecular flexibility index (Phi) is 6.40. The number of benzene rings is 1. The van der Waals surface area contributed by atoms with Crippen LogP contribution >= 0.6 is 11.6 Å². The molecule has 2 N–H and O–H groups in total. The predicted molar refractivity (Wildman–Crippen MR) is 107 cm³/mol. The SMILES string of the molecule is CNC(=O)c1cc(Cl)cc(C)c1NC(=O)c1cc(C(F)(F)F)nn1C1CCCCC1. The lowest BCUT2D eigenvalue weighted by molar-refractivity contribution is -0.141. The van der Waals surface area contributed by atoms with Gasteiger partial charge in [0.1, 0.15) is 5.69 Å². The van der Waals surface area contributed by atoms with Crippen molar-refractivity contribution in [1.29, 1.82) is 0 Å². The van der Waals surface area contributed by atoms with Crippen LogP contribution in [0, 0.1) is 6.92 Å². The third-order valence-electron chi connectivity index (χ3n) is 5.19. The molecule has 6 nitrogen and oxygen atoms in total. The summed E-state index contributed by atoms with van der Waals surface area (Å²) in [6, 6.07) is 3.43. The van der Waals surface area contributed by atoms with Crippen molar-refractivity contribution in [3.05, 3.63) is 45.7 Å². The van der Waals surface area contributed by atoms with E-state index in [9.17, 15) is 22.8 Å². The first-order valence-corrected chi connectivity index (χ1v) is 10.00. The molecule has 2 aromatic rings. The minimum Gasteiger partial charge on any atom is -0.355 e. The smallest absolute Gasteiger partial charge is 0.355 e. The molecule has 1 aliphatic carbocycles. The molecular formula is C20H22ClF3N4O2. The van der Waals surface area contributed by atoms with Crippen molar-refractivity contribution in [2.75, 3.05) is 12.4 Å². The Morgan fingerprint density at radius 1 is 1.13 bits per heavy atom. The van der Waals surface area contributed by atoms with Crippen LogP contribution in [0.3, 0.4) is 0 Å². The average Bonchev–Trinajstić information content (AvgIpc) is 3.16. The van der Waals surface area contributed by atoms with E-state index >= 15 is 0 Å². The summed E-state index contributed by atoms with van der Waals surface area (Å²) in [6.07, 6.45) is -0.622. The third-order valence-corrected chi connectivity index (χ3v) is 5.41. The lowest BCUT2D eigenvalue weighted by Gasteiger charge is -2.24. The summed E-state index contributed by atoms with van der Waals surface area (Å²) in [7, 11) is 1.43. The number of nitrogens with zero attached hydrogens (tertiary/aromatic N) is 2. The van der Waals surface area contributed by atoms with E-state index in [4.69, 9.17) is 11.6 Å². The zero-order valence-electron chi connectivity index (χ0n) is 16.6. The van der Waals surface area contributed by atoms with Gasteiger partial charge in [-0.2, -0.15) is 18.3 Å². The van der Waals surface area contributed by atoms with E-state index < -0.39 is 23.7 Å². The molecule has 10 heteroatoms. The molecule has 0 radical (unpaired) electrons. The van der Waals surface area contributed by atoms with Crippen LogP contribution < -0.4 is 10.6 Å². The monoisotopic (exact) mass is 442 g/mol. The number of amides is 2. The van der Waals surface area contributed by atoms with Gasteiger partial charge in [0.15, 0.2) is 5.69 Å². The van der Waals surface area contributed by atoms with E-state index in [1.807, 2.05) is 0 Å². The van der Waals surface area contributed by atoms with Crippen LogP contribution in [0.5, 0.6) is 0 Å². The van der Waals surface area contributed by atoms with Crippen molar-refractivity contribution < 1.29 is 22.8 Å². The molecule has 0 saturated heterocycles. The molecule has 30 heavy (non-hydrogen) atoms. The van der Waals surface area contributed by atoms with Gasteiger partial charge in [-0.15, -0.1) is 0 Å². The molecule has 1 heterocycles. The van der Waals surface area contributed by atoms with E-state index in [0.29, 0.717) is 23.4 Å². The minimum absolute atomic E-state index is 0.121. The lowest BCUT2D eigenvalue weighted by Crippen LogP contribution is -2.25. The number of aryl methyl sites for hydroxylation is 1. The van der Waals surface area contributed by atoms with Crippen molar-refractivity contribution in [3.63, 3.8) is 0 Å². The Bertz CT molecular complexity index is 966. The maximum Gasteiger partial charge on any atom is 0.435 e. The normalized spacial score (nSPS) is 15.1. The summed E-state index contributed by atoms with van der Waals surface area (Å²) in [4.78, 5) is 25.2. The number of aromatic nitrogens is 2. The van der Waals surface area contributed by atoms with Crippen molar-refractivity contribution >= 4 is 29.1 Å². The van der Waals surface area contributed by atoms with E-state index in [0.717, 1.165) is 25.3 Å². The van der Waals surface area contributed by atoms with Gasteiger partial charge in [-0.25, -0.2) is 0 Å². The number of anilines is 1. The molecule has 0 atom stereocenters. The molecule has 2 amide bonds. The average molecular weight is 443 g/mol. The van der Waals surface area contributed by atoms with Gasteiger partial charge >= 0.3 is 6.18 Å². The highest BCUT2D eigenvalue weighted by Gasteiger charge is 2.37. The number of rotatable bonds is 4. The van der Waals surface area contributed by atoms with Crippen LogP contribution in [0.1, 0.15) is 70.2 Å². The lowest BCUT2D eigenvalue weighted by atomic mass is 9.95. The Hall–Kier alpha value is -2.55. The molecule has 0 unspecified atom stereocenters. The summed E-state index contributed by atoms with van der Waals surface area (Å²) >= 11 is 6.03. The zero-order chi connectivity index (χ0) is 22.1. The van der Waals surface area contributed by atoms with Gasteiger partial charge in [0, 0.05) is 18.1 Å². The second-order valence-corrected chi connectivity index (χ2v) is 7.76. The van der Waals surface area contributed by atoms with Crippen molar-refractivity contribution in [1.82, 2.24) is 15.1 Å². The van der Waals surface area contributed by atoms with Gasteiger partial charge in [0.05, 0.1) is 17.3 Å². The quantitative estimate of drug-likeness (QED) is 0.701. The Balaban J connectivity index is 2.01. The molecule has 162 valence electrons. The number of alkyl halides is 3. The Labute approximate surface area is 176 Å². The van der Waals surface area contributed by atoms with Crippen molar-refractivity contribution in [2.45, 2.75) is 51.2 Å². The number of hydrogen-bond donors (Lipinski definition) is 2. The highest BCUT2D eigenvalue weighted by atomic mass is 35.5. The number of hydrogen-bond acceptors (Lipinski definition) is 3. The van der Waals surface area contributed by atoms with Gasteiger partial charge < -0.3 is 10.6 Å². The Morgan fingerprint density at radius 3 is 2.40 bits per heavy atom. The van der Waals surface area contributed by atoms with E-state index in [1.165, 1.54) is 17.8 Å². The fourth-order valence-electron chi connectivity index (χ4n) is 3.71. The zero-order valence-corrected chi connectivity index (χ0v) is 17.3. The first-order valence-electron chi connectivity index (χ1n) is 9.62. The van der Waals surface area contributed by atoms with Crippen LogP contribution in [0.15, 0.2) is 18.2 Å². The Morgan fingerprint density at radius 2 is 1.80 bits per heavy atom. The molecule has 1 aliphatic rings. The van der Waals surface area contributed by atoms with Gasteiger partial charge in [0.2, 0.25) is 0 Å².